The Morgan fingerprint density at radius 2 is 1.92 bits per heavy atom. The molecule has 13 heavy (non-hydrogen) atoms. The Kier molecular flexibility index (Phi) is 5.30. The summed E-state index contributed by atoms with van der Waals surface area (Å²) in [7, 11) is 0. The molecule has 0 aliphatic carbocycles. The second-order valence-corrected chi connectivity index (χ2v) is 3.12. The molecule has 0 heterocycles. The van der Waals surface area contributed by atoms with Gasteiger partial charge in [0.15, 0.2) is 5.78 Å². The quantitative estimate of drug-likeness (QED) is 0.502. The molecular weight excluding hydrogens is 170 g/mol. The summed E-state index contributed by atoms with van der Waals surface area (Å²) in [4.78, 5) is 22.4. The summed E-state index contributed by atoms with van der Waals surface area (Å²) in [5.74, 6) is -1.41. The molecule has 1 unspecified atom stereocenters. The SMILES string of the molecule is CCC(C(=O)CN)C(=O)OC(C)C. The normalized spacial score (nSPS) is 12.7. The molecule has 0 aromatic heterocycles. The Labute approximate surface area is 78.4 Å². The van der Waals surface area contributed by atoms with Crippen LogP contribution in [0.5, 0.6) is 0 Å². The van der Waals surface area contributed by atoms with E-state index in [0.717, 1.165) is 0 Å². The number of ketones is 1. The third-order valence-corrected chi connectivity index (χ3v) is 1.63. The van der Waals surface area contributed by atoms with Gasteiger partial charge >= 0.3 is 5.97 Å². The van der Waals surface area contributed by atoms with Gasteiger partial charge in [-0.05, 0) is 20.3 Å². The summed E-state index contributed by atoms with van der Waals surface area (Å²) in [5.41, 5.74) is 5.16. The number of hydrogen-bond donors (Lipinski definition) is 1. The fourth-order valence-electron chi connectivity index (χ4n) is 0.982. The van der Waals surface area contributed by atoms with E-state index in [0.29, 0.717) is 6.42 Å². The summed E-state index contributed by atoms with van der Waals surface area (Å²) < 4.78 is 4.91. The lowest BCUT2D eigenvalue weighted by Crippen LogP contribution is -2.31. The van der Waals surface area contributed by atoms with Crippen LogP contribution in [0.1, 0.15) is 27.2 Å². The van der Waals surface area contributed by atoms with Crippen LogP contribution < -0.4 is 5.73 Å². The monoisotopic (exact) mass is 187 g/mol. The summed E-state index contributed by atoms with van der Waals surface area (Å²) in [6.45, 7) is 5.15. The van der Waals surface area contributed by atoms with Crippen molar-refractivity contribution in [3.63, 3.8) is 0 Å². The Bertz CT molecular complexity index is 189. The van der Waals surface area contributed by atoms with E-state index < -0.39 is 11.9 Å². The van der Waals surface area contributed by atoms with Gasteiger partial charge in [-0.1, -0.05) is 6.92 Å². The number of Topliss-reactive ketones (excluding diaryl/α,β-unsaturated/α-hetero) is 1. The minimum Gasteiger partial charge on any atom is -0.462 e. The molecule has 0 amide bonds. The first kappa shape index (κ1) is 12.1. The number of ether oxygens (including phenoxy) is 1. The molecule has 0 saturated heterocycles. The molecule has 0 radical (unpaired) electrons. The molecule has 0 bridgehead atoms. The Hall–Kier alpha value is -0.900. The number of carbonyl (C=O) groups excluding carboxylic acids is 2. The van der Waals surface area contributed by atoms with Crippen LogP contribution in [0.3, 0.4) is 0 Å². The maximum Gasteiger partial charge on any atom is 0.316 e. The first-order valence-electron chi connectivity index (χ1n) is 4.46. The molecule has 0 aliphatic heterocycles. The molecule has 2 N–H and O–H groups in total. The summed E-state index contributed by atoms with van der Waals surface area (Å²) in [6, 6.07) is 0. The number of esters is 1. The van der Waals surface area contributed by atoms with Gasteiger partial charge in [0.1, 0.15) is 5.92 Å². The van der Waals surface area contributed by atoms with Gasteiger partial charge in [-0.2, -0.15) is 0 Å². The molecule has 4 nitrogen and oxygen atoms in total. The van der Waals surface area contributed by atoms with E-state index in [1.807, 2.05) is 0 Å². The van der Waals surface area contributed by atoms with Crippen molar-refractivity contribution >= 4 is 11.8 Å². The van der Waals surface area contributed by atoms with E-state index in [2.05, 4.69) is 0 Å². The molecule has 0 aromatic rings. The molecule has 0 saturated carbocycles. The van der Waals surface area contributed by atoms with E-state index in [1.54, 1.807) is 20.8 Å². The average molecular weight is 187 g/mol. The maximum atomic E-state index is 11.3. The fourth-order valence-corrected chi connectivity index (χ4v) is 0.982. The maximum absolute atomic E-state index is 11.3. The number of carbonyl (C=O) groups is 2. The van der Waals surface area contributed by atoms with Gasteiger partial charge in [-0.25, -0.2) is 0 Å². The summed E-state index contributed by atoms with van der Waals surface area (Å²) in [6.07, 6.45) is 0.258. The predicted molar refractivity (Wildman–Crippen MR) is 49.1 cm³/mol. The van der Waals surface area contributed by atoms with Crippen LogP contribution in [-0.4, -0.2) is 24.4 Å². The molecule has 0 spiro atoms. The highest BCUT2D eigenvalue weighted by molar-refractivity contribution is 5.99. The summed E-state index contributed by atoms with van der Waals surface area (Å²) >= 11 is 0. The largest absolute Gasteiger partial charge is 0.462 e. The lowest BCUT2D eigenvalue weighted by atomic mass is 10.0. The lowest BCUT2D eigenvalue weighted by Gasteiger charge is -2.14. The van der Waals surface area contributed by atoms with Crippen LogP contribution in [0.25, 0.3) is 0 Å². The van der Waals surface area contributed by atoms with Crippen LogP contribution in [0.2, 0.25) is 0 Å². The van der Waals surface area contributed by atoms with E-state index in [1.165, 1.54) is 0 Å². The van der Waals surface area contributed by atoms with Crippen molar-refractivity contribution in [1.29, 1.82) is 0 Å². The van der Waals surface area contributed by atoms with E-state index in [9.17, 15) is 9.59 Å². The van der Waals surface area contributed by atoms with Crippen LogP contribution >= 0.6 is 0 Å². The first-order chi connectivity index (χ1) is 6.02. The zero-order valence-electron chi connectivity index (χ0n) is 8.37. The van der Waals surface area contributed by atoms with Gasteiger partial charge in [0.05, 0.1) is 12.6 Å². The molecular formula is C9H17NO3. The standard InChI is InChI=1S/C9H17NO3/c1-4-7(8(11)5-10)9(12)13-6(2)3/h6-7H,4-5,10H2,1-3H3. The Morgan fingerprint density at radius 3 is 2.23 bits per heavy atom. The predicted octanol–water partition coefficient (Wildman–Crippen LogP) is 0.492. The van der Waals surface area contributed by atoms with Crippen molar-refractivity contribution in [3.05, 3.63) is 0 Å². The molecule has 1 atom stereocenters. The van der Waals surface area contributed by atoms with Crippen molar-refractivity contribution in [2.75, 3.05) is 6.54 Å². The van der Waals surface area contributed by atoms with Gasteiger partial charge in [0.2, 0.25) is 0 Å². The summed E-state index contributed by atoms with van der Waals surface area (Å²) in [5, 5.41) is 0. The van der Waals surface area contributed by atoms with E-state index in [4.69, 9.17) is 10.5 Å². The van der Waals surface area contributed by atoms with Crippen molar-refractivity contribution in [2.24, 2.45) is 11.7 Å². The van der Waals surface area contributed by atoms with Crippen molar-refractivity contribution < 1.29 is 14.3 Å². The Morgan fingerprint density at radius 1 is 1.38 bits per heavy atom. The van der Waals surface area contributed by atoms with E-state index in [-0.39, 0.29) is 18.4 Å². The van der Waals surface area contributed by atoms with Crippen LogP contribution in [0, 0.1) is 5.92 Å². The highest BCUT2D eigenvalue weighted by Crippen LogP contribution is 2.07. The smallest absolute Gasteiger partial charge is 0.316 e. The highest BCUT2D eigenvalue weighted by atomic mass is 16.5. The van der Waals surface area contributed by atoms with Gasteiger partial charge in [0, 0.05) is 0 Å². The fraction of sp³-hybridized carbons (Fsp3) is 0.778. The van der Waals surface area contributed by atoms with Crippen molar-refractivity contribution in [2.45, 2.75) is 33.3 Å². The second kappa shape index (κ2) is 5.70. The first-order valence-corrected chi connectivity index (χ1v) is 4.46. The van der Waals surface area contributed by atoms with Gasteiger partial charge in [0.25, 0.3) is 0 Å². The van der Waals surface area contributed by atoms with Gasteiger partial charge < -0.3 is 10.5 Å². The van der Waals surface area contributed by atoms with Crippen molar-refractivity contribution in [1.82, 2.24) is 0 Å². The second-order valence-electron chi connectivity index (χ2n) is 3.12. The minimum atomic E-state index is -0.688. The molecule has 0 fully saturated rings. The molecule has 0 aromatic carbocycles. The number of rotatable bonds is 5. The third-order valence-electron chi connectivity index (χ3n) is 1.63. The number of nitrogens with two attached hydrogens (primary N) is 1. The van der Waals surface area contributed by atoms with Crippen LogP contribution in [-0.2, 0) is 14.3 Å². The third kappa shape index (κ3) is 4.03. The molecule has 0 aliphatic rings. The van der Waals surface area contributed by atoms with E-state index >= 15 is 0 Å². The molecule has 4 heteroatoms. The zero-order valence-corrected chi connectivity index (χ0v) is 8.37. The van der Waals surface area contributed by atoms with Crippen molar-refractivity contribution in [3.8, 4) is 0 Å². The lowest BCUT2D eigenvalue weighted by molar-refractivity contribution is -0.155. The highest BCUT2D eigenvalue weighted by Gasteiger charge is 2.25. The van der Waals surface area contributed by atoms with Gasteiger partial charge in [-0.15, -0.1) is 0 Å². The number of hydrogen-bond acceptors (Lipinski definition) is 4. The van der Waals surface area contributed by atoms with Crippen LogP contribution in [0.15, 0.2) is 0 Å². The molecule has 0 rings (SSSR count). The molecule has 76 valence electrons. The average Bonchev–Trinajstić information content (AvgIpc) is 2.03. The Balaban J connectivity index is 4.23. The van der Waals surface area contributed by atoms with Gasteiger partial charge in [-0.3, -0.25) is 9.59 Å². The minimum absolute atomic E-state index is 0.105. The topological polar surface area (TPSA) is 69.4 Å². The zero-order chi connectivity index (χ0) is 10.4. The van der Waals surface area contributed by atoms with Crippen LogP contribution in [0.4, 0.5) is 0 Å².